The number of nitrogens with two attached hydrogens (primary N) is 1. The Hall–Kier alpha value is -2.21. The number of fused-ring (bicyclic) bond motifs is 1. The molecule has 0 bridgehead atoms. The van der Waals surface area contributed by atoms with Gasteiger partial charge in [0.2, 0.25) is 0 Å². The van der Waals surface area contributed by atoms with Gasteiger partial charge in [-0.1, -0.05) is 0 Å². The fourth-order valence-corrected chi connectivity index (χ4v) is 1.58. The molecule has 16 heavy (non-hydrogen) atoms. The molecule has 6 heteroatoms. The Morgan fingerprint density at radius 1 is 1.38 bits per heavy atom. The molecular weight excluding hydrogens is 208 g/mol. The summed E-state index contributed by atoms with van der Waals surface area (Å²) >= 11 is 0. The van der Waals surface area contributed by atoms with Gasteiger partial charge in [0.1, 0.15) is 5.52 Å². The first-order valence-corrected chi connectivity index (χ1v) is 4.65. The average molecular weight is 218 g/mol. The van der Waals surface area contributed by atoms with Gasteiger partial charge in [-0.3, -0.25) is 20.9 Å². The van der Waals surface area contributed by atoms with Crippen LogP contribution < -0.4 is 11.3 Å². The largest absolute Gasteiger partial charge is 0.322 e. The van der Waals surface area contributed by atoms with Crippen molar-refractivity contribution in [3.05, 3.63) is 40.1 Å². The number of anilines is 1. The number of nitrogens with zero attached hydrogens (tertiary/aromatic N) is 2. The van der Waals surface area contributed by atoms with Gasteiger partial charge in [0.15, 0.2) is 0 Å². The topological polar surface area (TPSA) is 94.1 Å². The van der Waals surface area contributed by atoms with E-state index in [-0.39, 0.29) is 5.69 Å². The number of rotatable bonds is 2. The highest BCUT2D eigenvalue weighted by molar-refractivity contribution is 5.96. The third-order valence-corrected chi connectivity index (χ3v) is 2.33. The summed E-state index contributed by atoms with van der Waals surface area (Å²) in [7, 11) is 0. The first-order valence-electron chi connectivity index (χ1n) is 4.65. The molecule has 0 unspecified atom stereocenters. The maximum Gasteiger partial charge on any atom is 0.278 e. The van der Waals surface area contributed by atoms with E-state index < -0.39 is 4.92 Å². The quantitative estimate of drug-likeness (QED) is 0.455. The fourth-order valence-electron chi connectivity index (χ4n) is 1.58. The van der Waals surface area contributed by atoms with E-state index in [0.717, 1.165) is 5.69 Å². The monoisotopic (exact) mass is 218 g/mol. The zero-order chi connectivity index (χ0) is 11.7. The molecule has 0 spiro atoms. The molecule has 0 aliphatic rings. The number of nitrogen functional groups attached to an aromatic ring is 1. The van der Waals surface area contributed by atoms with E-state index in [1.54, 1.807) is 18.2 Å². The van der Waals surface area contributed by atoms with Crippen molar-refractivity contribution >= 4 is 22.3 Å². The predicted molar refractivity (Wildman–Crippen MR) is 60.9 cm³/mol. The Morgan fingerprint density at radius 2 is 2.12 bits per heavy atom. The van der Waals surface area contributed by atoms with Crippen LogP contribution in [0.2, 0.25) is 0 Å². The molecule has 0 aliphatic heterocycles. The normalized spacial score (nSPS) is 10.4. The lowest BCUT2D eigenvalue weighted by molar-refractivity contribution is -0.383. The van der Waals surface area contributed by atoms with Gasteiger partial charge in [0.25, 0.3) is 5.69 Å². The number of pyridine rings is 1. The Balaban J connectivity index is 2.85. The summed E-state index contributed by atoms with van der Waals surface area (Å²) in [6, 6.07) is 6.37. The molecule has 0 fully saturated rings. The molecule has 1 heterocycles. The lowest BCUT2D eigenvalue weighted by Gasteiger charge is -2.05. The number of hydrogen-bond acceptors (Lipinski definition) is 5. The van der Waals surface area contributed by atoms with Crippen molar-refractivity contribution in [3.63, 3.8) is 0 Å². The molecule has 2 rings (SSSR count). The van der Waals surface area contributed by atoms with Gasteiger partial charge in [-0.2, -0.15) is 0 Å². The van der Waals surface area contributed by atoms with E-state index in [9.17, 15) is 10.1 Å². The van der Waals surface area contributed by atoms with Crippen LogP contribution >= 0.6 is 0 Å². The Bertz CT molecular complexity index is 568. The molecule has 1 aromatic carbocycles. The van der Waals surface area contributed by atoms with Crippen molar-refractivity contribution in [3.8, 4) is 0 Å². The summed E-state index contributed by atoms with van der Waals surface area (Å²) in [5.74, 6) is 5.33. The zero-order valence-electron chi connectivity index (χ0n) is 8.60. The van der Waals surface area contributed by atoms with Gasteiger partial charge in [0.05, 0.1) is 16.0 Å². The maximum absolute atomic E-state index is 10.8. The van der Waals surface area contributed by atoms with Crippen LogP contribution in [0.3, 0.4) is 0 Å². The molecular formula is C10H10N4O2. The summed E-state index contributed by atoms with van der Waals surface area (Å²) < 4.78 is 0. The summed E-state index contributed by atoms with van der Waals surface area (Å²) in [4.78, 5) is 14.6. The first kappa shape index (κ1) is 10.3. The fraction of sp³-hybridized carbons (Fsp3) is 0.100. The van der Waals surface area contributed by atoms with Crippen molar-refractivity contribution in [2.45, 2.75) is 6.92 Å². The van der Waals surface area contributed by atoms with E-state index in [1.165, 1.54) is 6.07 Å². The van der Waals surface area contributed by atoms with Gasteiger partial charge < -0.3 is 5.43 Å². The van der Waals surface area contributed by atoms with Gasteiger partial charge in [-0.05, 0) is 25.1 Å². The van der Waals surface area contributed by atoms with Crippen LogP contribution in [0.25, 0.3) is 10.9 Å². The highest BCUT2D eigenvalue weighted by atomic mass is 16.6. The molecule has 0 radical (unpaired) electrons. The second kappa shape index (κ2) is 3.74. The highest BCUT2D eigenvalue weighted by Gasteiger charge is 2.14. The van der Waals surface area contributed by atoms with Crippen molar-refractivity contribution < 1.29 is 4.92 Å². The van der Waals surface area contributed by atoms with Crippen molar-refractivity contribution in [2.75, 3.05) is 5.43 Å². The van der Waals surface area contributed by atoms with Crippen LogP contribution in [0.15, 0.2) is 24.3 Å². The minimum Gasteiger partial charge on any atom is -0.322 e. The Labute approximate surface area is 91.2 Å². The first-order chi connectivity index (χ1) is 7.63. The number of benzene rings is 1. The molecule has 2 aromatic rings. The number of nitro benzene ring substituents is 1. The summed E-state index contributed by atoms with van der Waals surface area (Å²) in [6.45, 7) is 1.82. The second-order valence-corrected chi connectivity index (χ2v) is 3.38. The minimum atomic E-state index is -0.431. The van der Waals surface area contributed by atoms with Crippen LogP contribution in [0, 0.1) is 17.0 Å². The second-order valence-electron chi connectivity index (χ2n) is 3.38. The van der Waals surface area contributed by atoms with E-state index >= 15 is 0 Å². The predicted octanol–water partition coefficient (Wildman–Crippen LogP) is 1.74. The maximum atomic E-state index is 10.8. The number of hydrogen-bond donors (Lipinski definition) is 2. The van der Waals surface area contributed by atoms with Crippen LogP contribution in [-0.4, -0.2) is 9.91 Å². The molecule has 0 saturated heterocycles. The van der Waals surface area contributed by atoms with Crippen LogP contribution in [-0.2, 0) is 0 Å². The average Bonchev–Trinajstić information content (AvgIpc) is 2.27. The molecule has 0 amide bonds. The van der Waals surface area contributed by atoms with Crippen LogP contribution in [0.1, 0.15) is 5.69 Å². The zero-order valence-corrected chi connectivity index (χ0v) is 8.60. The Kier molecular flexibility index (Phi) is 2.41. The highest BCUT2D eigenvalue weighted by Crippen LogP contribution is 2.29. The van der Waals surface area contributed by atoms with Crippen LogP contribution in [0.4, 0.5) is 11.4 Å². The van der Waals surface area contributed by atoms with E-state index in [1.807, 2.05) is 6.92 Å². The molecule has 82 valence electrons. The molecule has 0 aliphatic carbocycles. The number of nitrogens with one attached hydrogen (secondary N) is 1. The number of aryl methyl sites for hydroxylation is 1. The van der Waals surface area contributed by atoms with Crippen LogP contribution in [0.5, 0.6) is 0 Å². The van der Waals surface area contributed by atoms with Crippen molar-refractivity contribution in [2.24, 2.45) is 5.84 Å². The van der Waals surface area contributed by atoms with E-state index in [4.69, 9.17) is 5.84 Å². The van der Waals surface area contributed by atoms with Gasteiger partial charge in [-0.25, -0.2) is 0 Å². The lowest BCUT2D eigenvalue weighted by Crippen LogP contribution is -2.08. The number of hydrazine groups is 1. The Morgan fingerprint density at radius 3 is 2.75 bits per heavy atom. The molecule has 3 N–H and O–H groups in total. The van der Waals surface area contributed by atoms with Gasteiger partial charge in [0, 0.05) is 11.8 Å². The van der Waals surface area contributed by atoms with Crippen molar-refractivity contribution in [1.29, 1.82) is 0 Å². The van der Waals surface area contributed by atoms with E-state index in [2.05, 4.69) is 10.4 Å². The summed E-state index contributed by atoms with van der Waals surface area (Å²) in [5, 5.41) is 11.3. The van der Waals surface area contributed by atoms with Gasteiger partial charge >= 0.3 is 0 Å². The van der Waals surface area contributed by atoms with Crippen molar-refractivity contribution in [1.82, 2.24) is 4.98 Å². The number of aromatic nitrogens is 1. The third kappa shape index (κ3) is 1.55. The standard InChI is InChI=1S/C10H10N4O2/c1-6-2-3-7-9(14(15)16)5-4-8(13-11)10(7)12-6/h2-5,13H,11H2,1H3. The smallest absolute Gasteiger partial charge is 0.278 e. The lowest BCUT2D eigenvalue weighted by atomic mass is 10.1. The molecule has 1 aromatic heterocycles. The number of non-ortho nitro benzene ring substituents is 1. The summed E-state index contributed by atoms with van der Waals surface area (Å²) in [5.41, 5.74) is 4.37. The summed E-state index contributed by atoms with van der Waals surface area (Å²) in [6.07, 6.45) is 0. The SMILES string of the molecule is Cc1ccc2c([N+](=O)[O-])ccc(NN)c2n1. The van der Waals surface area contributed by atoms with Gasteiger partial charge in [-0.15, -0.1) is 0 Å². The van der Waals surface area contributed by atoms with E-state index in [0.29, 0.717) is 16.6 Å². The minimum absolute atomic E-state index is 0.0292. The molecule has 6 nitrogen and oxygen atoms in total. The number of nitro groups is 1. The molecule has 0 saturated carbocycles. The molecule has 0 atom stereocenters. The third-order valence-electron chi connectivity index (χ3n) is 2.33.